The molecule has 1 aliphatic heterocycles. The van der Waals surface area contributed by atoms with Crippen molar-refractivity contribution in [3.63, 3.8) is 0 Å². The molecule has 27 heavy (non-hydrogen) atoms. The van der Waals surface area contributed by atoms with Crippen LogP contribution in [0.1, 0.15) is 5.69 Å². The topological polar surface area (TPSA) is 71.8 Å². The first-order valence-electron chi connectivity index (χ1n) is 8.17. The lowest BCUT2D eigenvalue weighted by atomic mass is 10.1. The highest BCUT2D eigenvalue weighted by Crippen LogP contribution is 2.42. The van der Waals surface area contributed by atoms with Gasteiger partial charge in [0.25, 0.3) is 15.6 Å². The van der Waals surface area contributed by atoms with E-state index in [1.807, 2.05) is 18.2 Å². The highest BCUT2D eigenvalue weighted by molar-refractivity contribution is 7.93. The summed E-state index contributed by atoms with van der Waals surface area (Å²) in [6.45, 7) is -0.0233. The van der Waals surface area contributed by atoms with E-state index in [4.69, 9.17) is 11.6 Å². The molecule has 1 aliphatic rings. The molecule has 0 bridgehead atoms. The quantitative estimate of drug-likeness (QED) is 0.520. The second kappa shape index (κ2) is 5.55. The van der Waals surface area contributed by atoms with Gasteiger partial charge in [0.15, 0.2) is 0 Å². The number of hydrogen-bond acceptors (Lipinski definition) is 4. The van der Waals surface area contributed by atoms with Gasteiger partial charge in [0.2, 0.25) is 0 Å². The number of benzene rings is 2. The molecule has 0 unspecified atom stereocenters. The van der Waals surface area contributed by atoms with Crippen LogP contribution in [0.25, 0.3) is 16.4 Å². The maximum absolute atomic E-state index is 13.1. The number of pyridine rings is 1. The third-order valence-corrected chi connectivity index (χ3v) is 6.69. The Hall–Kier alpha value is -2.90. The molecule has 0 atom stereocenters. The van der Waals surface area contributed by atoms with Crippen molar-refractivity contribution < 1.29 is 8.42 Å². The number of anilines is 1. The van der Waals surface area contributed by atoms with Gasteiger partial charge in [0, 0.05) is 17.6 Å². The number of sulfonamides is 1. The third kappa shape index (κ3) is 2.35. The van der Waals surface area contributed by atoms with Crippen LogP contribution in [0.15, 0.2) is 70.5 Å². The molecule has 0 fully saturated rings. The van der Waals surface area contributed by atoms with Gasteiger partial charge < -0.3 is 0 Å². The van der Waals surface area contributed by atoms with Gasteiger partial charge in [-0.1, -0.05) is 35.9 Å². The van der Waals surface area contributed by atoms with Crippen LogP contribution >= 0.6 is 11.6 Å². The van der Waals surface area contributed by atoms with Crippen LogP contribution in [0.5, 0.6) is 0 Å². The molecule has 134 valence electrons. The molecule has 6 nitrogen and oxygen atoms in total. The van der Waals surface area contributed by atoms with Crippen molar-refractivity contribution in [2.45, 2.75) is 11.4 Å². The Morgan fingerprint density at radius 2 is 1.81 bits per heavy atom. The van der Waals surface area contributed by atoms with Crippen molar-refractivity contribution in [3.05, 3.63) is 81.9 Å². The summed E-state index contributed by atoms with van der Waals surface area (Å²) >= 11 is 5.93. The van der Waals surface area contributed by atoms with E-state index in [0.29, 0.717) is 27.4 Å². The highest BCUT2D eigenvalue weighted by atomic mass is 35.5. The fourth-order valence-corrected chi connectivity index (χ4v) is 5.32. The van der Waals surface area contributed by atoms with E-state index in [2.05, 4.69) is 4.98 Å². The average Bonchev–Trinajstić information content (AvgIpc) is 2.86. The minimum atomic E-state index is -3.71. The molecule has 0 spiro atoms. The fraction of sp³-hybridized carbons (Fsp3) is 0.0526. The van der Waals surface area contributed by atoms with Gasteiger partial charge >= 0.3 is 0 Å². The molecule has 3 heterocycles. The molecule has 8 heteroatoms. The van der Waals surface area contributed by atoms with Crippen LogP contribution in [0.3, 0.4) is 0 Å². The summed E-state index contributed by atoms with van der Waals surface area (Å²) in [6, 6.07) is 15.3. The Bertz CT molecular complexity index is 1410. The standard InChI is InChI=1S/C19H12ClN3O3S/c20-13-7-8-17-21-14(9-18(24)22(17)10-13)11-23-15-5-1-3-12-4-2-6-16(19(12)15)27(23,25)26/h1-10H,11H2. The number of halogens is 1. The number of hydrogen-bond donors (Lipinski definition) is 0. The van der Waals surface area contributed by atoms with Crippen LogP contribution in [0, 0.1) is 0 Å². The zero-order chi connectivity index (χ0) is 18.8. The summed E-state index contributed by atoms with van der Waals surface area (Å²) in [6.07, 6.45) is 1.49. The molecule has 0 saturated heterocycles. The molecular formula is C19H12ClN3O3S. The van der Waals surface area contributed by atoms with Gasteiger partial charge in [-0.25, -0.2) is 13.4 Å². The smallest absolute Gasteiger partial charge is 0.265 e. The molecule has 0 aliphatic carbocycles. The first-order chi connectivity index (χ1) is 12.9. The summed E-state index contributed by atoms with van der Waals surface area (Å²) in [5.74, 6) is 0. The van der Waals surface area contributed by atoms with Gasteiger partial charge in [-0.2, -0.15) is 0 Å². The van der Waals surface area contributed by atoms with Gasteiger partial charge in [0.05, 0.1) is 27.8 Å². The molecule has 4 aromatic rings. The van der Waals surface area contributed by atoms with Crippen molar-refractivity contribution in [2.75, 3.05) is 4.31 Å². The summed E-state index contributed by atoms with van der Waals surface area (Å²) < 4.78 is 28.8. The Morgan fingerprint density at radius 1 is 1.04 bits per heavy atom. The Morgan fingerprint density at radius 3 is 2.63 bits per heavy atom. The van der Waals surface area contributed by atoms with Crippen molar-refractivity contribution in [1.82, 2.24) is 9.38 Å². The van der Waals surface area contributed by atoms with E-state index in [9.17, 15) is 13.2 Å². The minimum absolute atomic E-state index is 0.0233. The lowest BCUT2D eigenvalue weighted by Crippen LogP contribution is -2.28. The largest absolute Gasteiger partial charge is 0.269 e. The molecular weight excluding hydrogens is 386 g/mol. The van der Waals surface area contributed by atoms with Gasteiger partial charge in [-0.15, -0.1) is 0 Å². The Balaban J connectivity index is 1.67. The first-order valence-corrected chi connectivity index (χ1v) is 9.99. The van der Waals surface area contributed by atoms with Crippen LogP contribution in [-0.4, -0.2) is 17.8 Å². The third-order valence-electron chi connectivity index (χ3n) is 4.66. The van der Waals surface area contributed by atoms with Crippen LogP contribution in [-0.2, 0) is 16.6 Å². The predicted octanol–water partition coefficient (Wildman–Crippen LogP) is 3.21. The average molecular weight is 398 g/mol. The van der Waals surface area contributed by atoms with E-state index >= 15 is 0 Å². The van der Waals surface area contributed by atoms with Crippen molar-refractivity contribution >= 4 is 43.7 Å². The lowest BCUT2D eigenvalue weighted by Gasteiger charge is -2.18. The minimum Gasteiger partial charge on any atom is -0.269 e. The van der Waals surface area contributed by atoms with Crippen molar-refractivity contribution in [2.24, 2.45) is 0 Å². The summed E-state index contributed by atoms with van der Waals surface area (Å²) in [7, 11) is -3.71. The SMILES string of the molecule is O=c1cc(CN2c3cccc4cccc(c34)S2(=O)=O)nc2ccc(Cl)cn12. The van der Waals surface area contributed by atoms with E-state index in [1.165, 1.54) is 21.0 Å². The second-order valence-corrected chi connectivity index (χ2v) is 8.57. The summed E-state index contributed by atoms with van der Waals surface area (Å²) in [5, 5.41) is 1.98. The van der Waals surface area contributed by atoms with Gasteiger partial charge in [0.1, 0.15) is 5.65 Å². The predicted molar refractivity (Wildman–Crippen MR) is 104 cm³/mol. The van der Waals surface area contributed by atoms with Crippen molar-refractivity contribution in [1.29, 1.82) is 0 Å². The van der Waals surface area contributed by atoms with Gasteiger partial charge in [-0.3, -0.25) is 13.5 Å². The zero-order valence-electron chi connectivity index (χ0n) is 13.8. The number of rotatable bonds is 2. The van der Waals surface area contributed by atoms with Crippen molar-refractivity contribution in [3.8, 4) is 0 Å². The molecule has 0 radical (unpaired) electrons. The van der Waals surface area contributed by atoms with E-state index < -0.39 is 10.0 Å². The molecule has 5 rings (SSSR count). The van der Waals surface area contributed by atoms with E-state index in [-0.39, 0.29) is 17.0 Å². The summed E-state index contributed by atoms with van der Waals surface area (Å²) in [4.78, 5) is 17.1. The van der Waals surface area contributed by atoms with E-state index in [1.54, 1.807) is 30.3 Å². The van der Waals surface area contributed by atoms with Crippen LogP contribution in [0.2, 0.25) is 5.02 Å². The molecule has 0 amide bonds. The number of fused-ring (bicyclic) bond motifs is 1. The zero-order valence-corrected chi connectivity index (χ0v) is 15.4. The lowest BCUT2D eigenvalue weighted by molar-refractivity contribution is 0.593. The highest BCUT2D eigenvalue weighted by Gasteiger charge is 2.35. The Kier molecular flexibility index (Phi) is 3.35. The molecule has 2 aromatic heterocycles. The fourth-order valence-electron chi connectivity index (χ4n) is 3.48. The Labute approximate surface area is 159 Å². The molecule has 0 saturated carbocycles. The first kappa shape index (κ1) is 16.3. The summed E-state index contributed by atoms with van der Waals surface area (Å²) in [5.41, 5.74) is 1.07. The maximum atomic E-state index is 13.1. The van der Waals surface area contributed by atoms with Gasteiger partial charge in [-0.05, 0) is 29.7 Å². The maximum Gasteiger partial charge on any atom is 0.265 e. The molecule has 0 N–H and O–H groups in total. The molecule has 2 aromatic carbocycles. The van der Waals surface area contributed by atoms with E-state index in [0.717, 1.165) is 5.39 Å². The van der Waals surface area contributed by atoms with Crippen LogP contribution in [0.4, 0.5) is 5.69 Å². The normalized spacial score (nSPS) is 14.9. The number of aromatic nitrogens is 2. The van der Waals surface area contributed by atoms with Crippen LogP contribution < -0.4 is 9.86 Å². The second-order valence-electron chi connectivity index (χ2n) is 6.30. The monoisotopic (exact) mass is 397 g/mol. The number of nitrogens with zero attached hydrogens (tertiary/aromatic N) is 3.